The van der Waals surface area contributed by atoms with E-state index in [4.69, 9.17) is 4.74 Å². The van der Waals surface area contributed by atoms with Gasteiger partial charge in [0.15, 0.2) is 5.78 Å². The largest absolute Gasteiger partial charge is 0.445 e. The third kappa shape index (κ3) is 9.05. The zero-order valence-corrected chi connectivity index (χ0v) is 20.1. The molecule has 3 N–H and O–H groups in total. The first-order chi connectivity index (χ1) is 15.8. The van der Waals surface area contributed by atoms with Gasteiger partial charge in [-0.3, -0.25) is 14.4 Å². The molecule has 0 unspecified atom stereocenters. The van der Waals surface area contributed by atoms with Crippen LogP contribution in [0.15, 0.2) is 60.7 Å². The molecule has 0 heterocycles. The highest BCUT2D eigenvalue weighted by Gasteiger charge is 2.25. The molecule has 9 heteroatoms. The molecule has 0 saturated carbocycles. The summed E-state index contributed by atoms with van der Waals surface area (Å²) in [5, 5.41) is 7.76. The molecule has 0 fully saturated rings. The summed E-state index contributed by atoms with van der Waals surface area (Å²) >= 11 is 3.14. The Bertz CT molecular complexity index is 940. The SMILES string of the molecule is C[C@H](NC(=O)OCc1ccccc1)C(=O)N[C@@H](C)C(=O)N[C@@H](Cc1ccccc1)C(=O)CBr. The second-order valence-corrected chi connectivity index (χ2v) is 8.07. The molecule has 2 aromatic rings. The van der Waals surface area contributed by atoms with Gasteiger partial charge in [-0.25, -0.2) is 4.79 Å². The zero-order chi connectivity index (χ0) is 24.2. The van der Waals surface area contributed by atoms with E-state index in [0.29, 0.717) is 6.42 Å². The Labute approximate surface area is 201 Å². The lowest BCUT2D eigenvalue weighted by molar-refractivity contribution is -0.131. The summed E-state index contributed by atoms with van der Waals surface area (Å²) in [7, 11) is 0. The maximum atomic E-state index is 12.6. The van der Waals surface area contributed by atoms with Gasteiger partial charge in [0, 0.05) is 0 Å². The smallest absolute Gasteiger partial charge is 0.408 e. The number of Topliss-reactive ketones (excluding diaryl/α,β-unsaturated/α-hetero) is 1. The van der Waals surface area contributed by atoms with Crippen LogP contribution in [0.25, 0.3) is 0 Å². The monoisotopic (exact) mass is 517 g/mol. The molecule has 8 nitrogen and oxygen atoms in total. The normalized spacial score (nSPS) is 13.2. The van der Waals surface area contributed by atoms with Crippen LogP contribution in [0.3, 0.4) is 0 Å². The average molecular weight is 518 g/mol. The predicted molar refractivity (Wildman–Crippen MR) is 128 cm³/mol. The first-order valence-electron chi connectivity index (χ1n) is 10.5. The molecule has 0 saturated heterocycles. The van der Waals surface area contributed by atoms with Crippen LogP contribution < -0.4 is 16.0 Å². The lowest BCUT2D eigenvalue weighted by Gasteiger charge is -2.22. The third-order valence-corrected chi connectivity index (χ3v) is 5.36. The fourth-order valence-corrected chi connectivity index (χ4v) is 3.29. The van der Waals surface area contributed by atoms with Crippen molar-refractivity contribution in [3.8, 4) is 0 Å². The van der Waals surface area contributed by atoms with Crippen LogP contribution in [0.4, 0.5) is 4.79 Å². The molecule has 0 aliphatic heterocycles. The number of hydrogen-bond donors (Lipinski definition) is 3. The van der Waals surface area contributed by atoms with E-state index >= 15 is 0 Å². The highest BCUT2D eigenvalue weighted by molar-refractivity contribution is 9.09. The van der Waals surface area contributed by atoms with Crippen LogP contribution in [-0.2, 0) is 32.1 Å². The van der Waals surface area contributed by atoms with Crippen molar-refractivity contribution in [1.29, 1.82) is 0 Å². The Hall–Kier alpha value is -3.20. The number of benzene rings is 2. The molecule has 33 heavy (non-hydrogen) atoms. The van der Waals surface area contributed by atoms with Crippen LogP contribution >= 0.6 is 15.9 Å². The predicted octanol–water partition coefficient (Wildman–Crippen LogP) is 2.50. The summed E-state index contributed by atoms with van der Waals surface area (Å²) in [5.74, 6) is -1.24. The topological polar surface area (TPSA) is 114 Å². The van der Waals surface area contributed by atoms with Crippen molar-refractivity contribution >= 4 is 39.6 Å². The van der Waals surface area contributed by atoms with E-state index in [0.717, 1.165) is 11.1 Å². The van der Waals surface area contributed by atoms with Gasteiger partial charge in [0.05, 0.1) is 11.4 Å². The Kier molecular flexibility index (Phi) is 10.6. The third-order valence-electron chi connectivity index (χ3n) is 4.81. The molecule has 2 rings (SSSR count). The van der Waals surface area contributed by atoms with Crippen molar-refractivity contribution in [3.63, 3.8) is 0 Å². The minimum absolute atomic E-state index is 0.0736. The Morgan fingerprint density at radius 3 is 1.88 bits per heavy atom. The second kappa shape index (κ2) is 13.4. The molecule has 0 aromatic heterocycles. The van der Waals surface area contributed by atoms with E-state index in [-0.39, 0.29) is 17.7 Å². The van der Waals surface area contributed by atoms with Crippen LogP contribution in [-0.4, -0.2) is 47.1 Å². The van der Waals surface area contributed by atoms with Gasteiger partial charge in [-0.15, -0.1) is 0 Å². The van der Waals surface area contributed by atoms with Crippen molar-refractivity contribution in [2.45, 2.75) is 45.0 Å². The molecule has 0 aliphatic rings. The maximum absolute atomic E-state index is 12.6. The van der Waals surface area contributed by atoms with Crippen molar-refractivity contribution in [3.05, 3.63) is 71.8 Å². The van der Waals surface area contributed by atoms with Gasteiger partial charge in [0.25, 0.3) is 0 Å². The van der Waals surface area contributed by atoms with Gasteiger partial charge in [0.1, 0.15) is 18.7 Å². The van der Waals surface area contributed by atoms with Gasteiger partial charge in [-0.05, 0) is 31.4 Å². The molecule has 3 amide bonds. The molecular formula is C24H28BrN3O5. The fourth-order valence-electron chi connectivity index (χ4n) is 2.90. The fraction of sp³-hybridized carbons (Fsp3) is 0.333. The van der Waals surface area contributed by atoms with Crippen molar-refractivity contribution in [1.82, 2.24) is 16.0 Å². The Morgan fingerprint density at radius 1 is 0.788 bits per heavy atom. The maximum Gasteiger partial charge on any atom is 0.408 e. The molecule has 2 aromatic carbocycles. The van der Waals surface area contributed by atoms with E-state index in [9.17, 15) is 19.2 Å². The van der Waals surface area contributed by atoms with E-state index in [1.807, 2.05) is 60.7 Å². The zero-order valence-electron chi connectivity index (χ0n) is 18.5. The van der Waals surface area contributed by atoms with Gasteiger partial charge < -0.3 is 20.7 Å². The van der Waals surface area contributed by atoms with Crippen LogP contribution in [0.1, 0.15) is 25.0 Å². The van der Waals surface area contributed by atoms with E-state index in [2.05, 4.69) is 31.9 Å². The standard InChI is InChI=1S/C24H28BrN3O5/c1-16(23(31)28-20(21(29)14-25)13-18-9-5-3-6-10-18)26-22(30)17(2)27-24(32)33-15-19-11-7-4-8-12-19/h3-12,16-17,20H,13-15H2,1-2H3,(H,26,30)(H,27,32)(H,28,31)/t16-,17-,20-/m0/s1. The second-order valence-electron chi connectivity index (χ2n) is 7.51. The first-order valence-corrected chi connectivity index (χ1v) is 11.6. The number of halogens is 1. The summed E-state index contributed by atoms with van der Waals surface area (Å²) in [6.45, 7) is 3.06. The Balaban J connectivity index is 1.83. The summed E-state index contributed by atoms with van der Waals surface area (Å²) in [5.41, 5.74) is 1.72. The van der Waals surface area contributed by atoms with E-state index in [1.54, 1.807) is 0 Å². The van der Waals surface area contributed by atoms with Crippen LogP contribution in [0, 0.1) is 0 Å². The molecule has 0 radical (unpaired) electrons. The number of amides is 3. The lowest BCUT2D eigenvalue weighted by atomic mass is 10.0. The number of ether oxygens (including phenoxy) is 1. The number of ketones is 1. The Morgan fingerprint density at radius 2 is 1.30 bits per heavy atom. The molecule has 0 aliphatic carbocycles. The van der Waals surface area contributed by atoms with Gasteiger partial charge in [-0.1, -0.05) is 76.6 Å². The van der Waals surface area contributed by atoms with Crippen molar-refractivity contribution in [2.75, 3.05) is 5.33 Å². The van der Waals surface area contributed by atoms with Crippen molar-refractivity contribution < 1.29 is 23.9 Å². The molecular weight excluding hydrogens is 490 g/mol. The highest BCUT2D eigenvalue weighted by atomic mass is 79.9. The first kappa shape index (κ1) is 26.1. The number of carbonyl (C=O) groups excluding carboxylic acids is 4. The number of rotatable bonds is 11. The highest BCUT2D eigenvalue weighted by Crippen LogP contribution is 2.06. The quantitative estimate of drug-likeness (QED) is 0.396. The summed E-state index contributed by atoms with van der Waals surface area (Å²) in [6.07, 6.45) is -0.410. The minimum atomic E-state index is -0.923. The lowest BCUT2D eigenvalue weighted by Crippen LogP contribution is -2.54. The van der Waals surface area contributed by atoms with Crippen LogP contribution in [0.2, 0.25) is 0 Å². The molecule has 0 spiro atoms. The van der Waals surface area contributed by atoms with Gasteiger partial charge >= 0.3 is 6.09 Å². The summed E-state index contributed by atoms with van der Waals surface area (Å²) in [4.78, 5) is 49.2. The number of nitrogens with one attached hydrogen (secondary N) is 3. The average Bonchev–Trinajstić information content (AvgIpc) is 2.82. The summed E-state index contributed by atoms with van der Waals surface area (Å²) < 4.78 is 5.10. The number of carbonyl (C=O) groups is 4. The van der Waals surface area contributed by atoms with Crippen LogP contribution in [0.5, 0.6) is 0 Å². The molecule has 176 valence electrons. The molecule has 3 atom stereocenters. The van der Waals surface area contributed by atoms with E-state index in [1.165, 1.54) is 13.8 Å². The summed E-state index contributed by atoms with van der Waals surface area (Å²) in [6, 6.07) is 15.9. The minimum Gasteiger partial charge on any atom is -0.445 e. The molecule has 0 bridgehead atoms. The number of alkyl carbamates (subject to hydrolysis) is 1. The van der Waals surface area contributed by atoms with Gasteiger partial charge in [0.2, 0.25) is 11.8 Å². The van der Waals surface area contributed by atoms with Gasteiger partial charge in [-0.2, -0.15) is 0 Å². The number of alkyl halides is 1. The van der Waals surface area contributed by atoms with Crippen molar-refractivity contribution in [2.24, 2.45) is 0 Å². The number of hydrogen-bond acceptors (Lipinski definition) is 5. The van der Waals surface area contributed by atoms with E-state index < -0.39 is 36.0 Å².